The molecule has 1 N–H and O–H groups in total. The summed E-state index contributed by atoms with van der Waals surface area (Å²) in [4.78, 5) is 3.30. The summed E-state index contributed by atoms with van der Waals surface area (Å²) in [7, 11) is 0. The second-order valence-corrected chi connectivity index (χ2v) is 6.64. The Kier molecular flexibility index (Phi) is 5.88. The van der Waals surface area contributed by atoms with Gasteiger partial charge in [-0.25, -0.2) is 0 Å². The molecule has 0 spiro atoms. The lowest BCUT2D eigenvalue weighted by Gasteiger charge is -2.04. The van der Waals surface area contributed by atoms with Crippen molar-refractivity contribution >= 4 is 45.8 Å². The molecule has 0 bridgehead atoms. The Labute approximate surface area is 133 Å². The monoisotopic (exact) mass is 388 g/mol. The first kappa shape index (κ1) is 15.0. The highest BCUT2D eigenvalue weighted by Crippen LogP contribution is 2.18. The third-order valence-corrected chi connectivity index (χ3v) is 4.46. The zero-order valence-electron chi connectivity index (χ0n) is 11.4. The Morgan fingerprint density at radius 3 is 2.68 bits per heavy atom. The zero-order valence-corrected chi connectivity index (χ0v) is 14.4. The van der Waals surface area contributed by atoms with Crippen molar-refractivity contribution in [2.24, 2.45) is 0 Å². The normalized spacial score (nSPS) is 11.3. The minimum Gasteiger partial charge on any atom is -0.331 e. The predicted octanol–water partition coefficient (Wildman–Crippen LogP) is 5.66. The maximum atomic E-state index is 5.42. The molecule has 0 radical (unpaired) electrons. The number of halogens is 1. The molecule has 0 aliphatic heterocycles. The van der Waals surface area contributed by atoms with Gasteiger partial charge in [-0.1, -0.05) is 39.0 Å². The second kappa shape index (κ2) is 7.43. The fourth-order valence-electron chi connectivity index (χ4n) is 2.41. The van der Waals surface area contributed by atoms with E-state index < -0.39 is 0 Å². The van der Waals surface area contributed by atoms with E-state index in [1.54, 1.807) is 0 Å². The minimum atomic E-state index is 0.852. The molecule has 0 amide bonds. The lowest BCUT2D eigenvalue weighted by molar-refractivity contribution is 0.561. The van der Waals surface area contributed by atoms with Gasteiger partial charge in [0, 0.05) is 10.1 Å². The summed E-state index contributed by atoms with van der Waals surface area (Å²) in [5.41, 5.74) is 2.39. The molecule has 0 aliphatic rings. The maximum Gasteiger partial charge on any atom is 0.178 e. The van der Waals surface area contributed by atoms with Gasteiger partial charge < -0.3 is 9.55 Å². The second-order valence-electron chi connectivity index (χ2n) is 5.01. The number of aromatic nitrogens is 2. The molecule has 4 heteroatoms. The van der Waals surface area contributed by atoms with Gasteiger partial charge in [0.05, 0.1) is 11.0 Å². The van der Waals surface area contributed by atoms with Gasteiger partial charge in [-0.3, -0.25) is 0 Å². The lowest BCUT2D eigenvalue weighted by Crippen LogP contribution is -1.98. The van der Waals surface area contributed by atoms with Crippen LogP contribution in [0.5, 0.6) is 0 Å². The van der Waals surface area contributed by atoms with Crippen molar-refractivity contribution in [2.75, 3.05) is 0 Å². The van der Waals surface area contributed by atoms with Crippen molar-refractivity contribution in [1.29, 1.82) is 0 Å². The average Bonchev–Trinajstić information content (AvgIpc) is 2.69. The van der Waals surface area contributed by atoms with Crippen LogP contribution >= 0.6 is 34.8 Å². The summed E-state index contributed by atoms with van der Waals surface area (Å²) in [6.45, 7) is 3.29. The number of fused-ring (bicyclic) bond motifs is 1. The smallest absolute Gasteiger partial charge is 0.178 e. The number of nitrogens with zero attached hydrogens (tertiary/aromatic N) is 1. The number of hydrogen-bond donors (Lipinski definition) is 1. The molecule has 2 aromatic rings. The number of benzene rings is 1. The standard InChI is InChI=1S/C15H21IN2S/c1-2-3-4-5-6-7-10-18-14-9-8-12(16)11-13(14)17-15(18)19/h8-9,11H,2-7,10H2,1H3,(H,17,19). The van der Waals surface area contributed by atoms with E-state index in [9.17, 15) is 0 Å². The van der Waals surface area contributed by atoms with Gasteiger partial charge in [0.15, 0.2) is 4.77 Å². The molecule has 0 fully saturated rings. The van der Waals surface area contributed by atoms with Gasteiger partial charge in [0.2, 0.25) is 0 Å². The molecular formula is C15H21IN2S. The Morgan fingerprint density at radius 2 is 1.89 bits per heavy atom. The number of unbranched alkanes of at least 4 members (excludes halogenated alkanes) is 5. The van der Waals surface area contributed by atoms with Crippen molar-refractivity contribution in [1.82, 2.24) is 9.55 Å². The Bertz CT molecular complexity index is 585. The molecule has 0 saturated heterocycles. The first-order valence-corrected chi connectivity index (χ1v) is 8.59. The van der Waals surface area contributed by atoms with Crippen molar-refractivity contribution in [2.45, 2.75) is 52.0 Å². The van der Waals surface area contributed by atoms with Gasteiger partial charge in [-0.15, -0.1) is 0 Å². The molecule has 1 heterocycles. The van der Waals surface area contributed by atoms with E-state index in [0.29, 0.717) is 0 Å². The Hall–Kier alpha value is -0.360. The zero-order chi connectivity index (χ0) is 13.7. The molecule has 1 aromatic heterocycles. The molecule has 0 aliphatic carbocycles. The van der Waals surface area contributed by atoms with E-state index in [4.69, 9.17) is 12.2 Å². The number of rotatable bonds is 7. The highest BCUT2D eigenvalue weighted by atomic mass is 127. The highest BCUT2D eigenvalue weighted by molar-refractivity contribution is 14.1. The molecule has 0 unspecified atom stereocenters. The van der Waals surface area contributed by atoms with Gasteiger partial charge in [0.1, 0.15) is 0 Å². The van der Waals surface area contributed by atoms with E-state index in [0.717, 1.165) is 16.8 Å². The third-order valence-electron chi connectivity index (χ3n) is 3.47. The van der Waals surface area contributed by atoms with Crippen LogP contribution in [0.3, 0.4) is 0 Å². The Morgan fingerprint density at radius 1 is 1.16 bits per heavy atom. The highest BCUT2D eigenvalue weighted by Gasteiger charge is 2.04. The van der Waals surface area contributed by atoms with Crippen molar-refractivity contribution < 1.29 is 0 Å². The first-order valence-electron chi connectivity index (χ1n) is 7.10. The van der Waals surface area contributed by atoms with Crippen LogP contribution in [0.1, 0.15) is 45.4 Å². The number of aryl methyl sites for hydroxylation is 1. The van der Waals surface area contributed by atoms with Gasteiger partial charge in [-0.2, -0.15) is 0 Å². The van der Waals surface area contributed by atoms with Crippen molar-refractivity contribution in [3.8, 4) is 0 Å². The van der Waals surface area contributed by atoms with Crippen molar-refractivity contribution in [3.63, 3.8) is 0 Å². The quantitative estimate of drug-likeness (QED) is 0.369. The van der Waals surface area contributed by atoms with E-state index in [1.165, 1.54) is 47.6 Å². The predicted molar refractivity (Wildman–Crippen MR) is 93.2 cm³/mol. The molecule has 104 valence electrons. The topological polar surface area (TPSA) is 20.7 Å². The summed E-state index contributed by atoms with van der Waals surface area (Å²) in [5, 5.41) is 0. The molecule has 0 saturated carbocycles. The van der Waals surface area contributed by atoms with Crippen LogP contribution in [0.25, 0.3) is 11.0 Å². The molecule has 19 heavy (non-hydrogen) atoms. The summed E-state index contributed by atoms with van der Waals surface area (Å²) >= 11 is 7.75. The Balaban J connectivity index is 1.97. The summed E-state index contributed by atoms with van der Waals surface area (Å²) in [6, 6.07) is 6.47. The number of aromatic amines is 1. The number of imidazole rings is 1. The maximum absolute atomic E-state index is 5.42. The summed E-state index contributed by atoms with van der Waals surface area (Å²) in [5.74, 6) is 0. The van der Waals surface area contributed by atoms with E-state index >= 15 is 0 Å². The fraction of sp³-hybridized carbons (Fsp3) is 0.533. The van der Waals surface area contributed by atoms with E-state index in [1.807, 2.05) is 0 Å². The first-order chi connectivity index (χ1) is 9.22. The van der Waals surface area contributed by atoms with Crippen LogP contribution in [0.2, 0.25) is 0 Å². The number of hydrogen-bond acceptors (Lipinski definition) is 1. The summed E-state index contributed by atoms with van der Waals surface area (Å²) in [6.07, 6.45) is 7.92. The van der Waals surface area contributed by atoms with Crippen LogP contribution in [0.15, 0.2) is 18.2 Å². The SMILES string of the molecule is CCCCCCCCn1c(=S)[nH]c2cc(I)ccc21. The average molecular weight is 388 g/mol. The minimum absolute atomic E-state index is 0.852. The van der Waals surface area contributed by atoms with Crippen LogP contribution < -0.4 is 0 Å². The van der Waals surface area contributed by atoms with E-state index in [2.05, 4.69) is 57.3 Å². The van der Waals surface area contributed by atoms with Crippen LogP contribution in [0, 0.1) is 8.34 Å². The molecule has 2 rings (SSSR count). The van der Waals surface area contributed by atoms with E-state index in [-0.39, 0.29) is 0 Å². The lowest BCUT2D eigenvalue weighted by atomic mass is 10.1. The third kappa shape index (κ3) is 4.05. The fourth-order valence-corrected chi connectivity index (χ4v) is 3.20. The van der Waals surface area contributed by atoms with Crippen LogP contribution in [-0.2, 0) is 6.54 Å². The number of H-pyrrole nitrogens is 1. The van der Waals surface area contributed by atoms with Crippen LogP contribution in [0.4, 0.5) is 0 Å². The molecule has 1 aromatic carbocycles. The van der Waals surface area contributed by atoms with Crippen molar-refractivity contribution in [3.05, 3.63) is 26.5 Å². The number of nitrogens with one attached hydrogen (secondary N) is 1. The molecule has 0 atom stereocenters. The van der Waals surface area contributed by atoms with Gasteiger partial charge in [-0.05, 0) is 59.4 Å². The molecule has 2 nitrogen and oxygen atoms in total. The van der Waals surface area contributed by atoms with Gasteiger partial charge >= 0.3 is 0 Å². The summed E-state index contributed by atoms with van der Waals surface area (Å²) < 4.78 is 4.33. The molecular weight excluding hydrogens is 367 g/mol. The van der Waals surface area contributed by atoms with Gasteiger partial charge in [0.25, 0.3) is 0 Å². The largest absolute Gasteiger partial charge is 0.331 e. The van der Waals surface area contributed by atoms with Crippen LogP contribution in [-0.4, -0.2) is 9.55 Å².